The van der Waals surface area contributed by atoms with Crippen molar-refractivity contribution in [3.05, 3.63) is 53.7 Å². The zero-order chi connectivity index (χ0) is 17.8. The SMILES string of the molecule is C[N+]1(C2CC2)C(=O)C(c2ccc(C(F)(F)F)cc2)=Nc2cccnc21. The lowest BCUT2D eigenvalue weighted by atomic mass is 10.0. The molecular weight excluding hydrogens is 331 g/mol. The Hall–Kier alpha value is -2.54. The molecule has 2 heterocycles. The molecule has 25 heavy (non-hydrogen) atoms. The quantitative estimate of drug-likeness (QED) is 0.775. The molecule has 2 aliphatic rings. The minimum atomic E-state index is -4.41. The van der Waals surface area contributed by atoms with Gasteiger partial charge < -0.3 is 0 Å². The van der Waals surface area contributed by atoms with Gasteiger partial charge in [0.25, 0.3) is 5.82 Å². The van der Waals surface area contributed by atoms with Crippen molar-refractivity contribution >= 4 is 23.1 Å². The van der Waals surface area contributed by atoms with Gasteiger partial charge in [-0.25, -0.2) is 19.3 Å². The van der Waals surface area contributed by atoms with E-state index in [0.717, 1.165) is 25.0 Å². The molecular formula is C18H15F3N3O+. The molecule has 1 aromatic carbocycles. The number of hydrogen-bond donors (Lipinski definition) is 0. The fraction of sp³-hybridized carbons (Fsp3) is 0.278. The summed E-state index contributed by atoms with van der Waals surface area (Å²) in [4.78, 5) is 21.9. The Labute approximate surface area is 142 Å². The first-order chi connectivity index (χ1) is 11.8. The van der Waals surface area contributed by atoms with E-state index in [4.69, 9.17) is 0 Å². The molecule has 1 fully saturated rings. The van der Waals surface area contributed by atoms with Gasteiger partial charge in [-0.3, -0.25) is 0 Å². The number of benzene rings is 1. The first kappa shape index (κ1) is 16.0. The number of carbonyl (C=O) groups is 1. The van der Waals surface area contributed by atoms with Gasteiger partial charge in [-0.15, -0.1) is 0 Å². The van der Waals surface area contributed by atoms with E-state index >= 15 is 0 Å². The summed E-state index contributed by atoms with van der Waals surface area (Å²) in [5.74, 6) is 0.374. The van der Waals surface area contributed by atoms with Crippen LogP contribution in [0.25, 0.3) is 0 Å². The predicted molar refractivity (Wildman–Crippen MR) is 87.6 cm³/mol. The van der Waals surface area contributed by atoms with Gasteiger partial charge in [0.05, 0.1) is 12.6 Å². The van der Waals surface area contributed by atoms with Crippen LogP contribution < -0.4 is 4.48 Å². The van der Waals surface area contributed by atoms with Gasteiger partial charge in [0.1, 0.15) is 11.7 Å². The van der Waals surface area contributed by atoms with Crippen molar-refractivity contribution in [3.63, 3.8) is 0 Å². The highest BCUT2D eigenvalue weighted by Crippen LogP contribution is 2.44. The van der Waals surface area contributed by atoms with Crippen molar-refractivity contribution in [1.29, 1.82) is 0 Å². The third-order valence-electron chi connectivity index (χ3n) is 4.83. The van der Waals surface area contributed by atoms with Gasteiger partial charge in [0, 0.05) is 24.6 Å². The van der Waals surface area contributed by atoms with E-state index in [0.29, 0.717) is 17.1 Å². The van der Waals surface area contributed by atoms with Gasteiger partial charge in [0.15, 0.2) is 5.71 Å². The topological polar surface area (TPSA) is 42.3 Å². The average Bonchev–Trinajstić information content (AvgIpc) is 3.43. The Morgan fingerprint density at radius 1 is 1.12 bits per heavy atom. The first-order valence-corrected chi connectivity index (χ1v) is 7.95. The molecule has 4 nitrogen and oxygen atoms in total. The summed E-state index contributed by atoms with van der Waals surface area (Å²) in [6.07, 6.45) is -0.952. The Bertz CT molecular complexity index is 885. The number of fused-ring (bicyclic) bond motifs is 1. The maximum Gasteiger partial charge on any atom is 0.416 e. The van der Waals surface area contributed by atoms with E-state index in [1.807, 2.05) is 7.05 Å². The van der Waals surface area contributed by atoms with E-state index in [1.54, 1.807) is 18.3 Å². The average molecular weight is 346 g/mol. The molecule has 1 unspecified atom stereocenters. The van der Waals surface area contributed by atoms with Crippen LogP contribution in [0.1, 0.15) is 24.0 Å². The molecule has 1 saturated carbocycles. The predicted octanol–water partition coefficient (Wildman–Crippen LogP) is 3.86. The van der Waals surface area contributed by atoms with Crippen LogP contribution in [-0.4, -0.2) is 29.7 Å². The summed E-state index contributed by atoms with van der Waals surface area (Å²) >= 11 is 0. The molecule has 4 rings (SSSR count). The van der Waals surface area contributed by atoms with E-state index in [-0.39, 0.29) is 22.1 Å². The molecule has 1 aliphatic heterocycles. The highest BCUT2D eigenvalue weighted by atomic mass is 19.4. The number of hydrogen-bond acceptors (Lipinski definition) is 3. The lowest BCUT2D eigenvalue weighted by molar-refractivity contribution is -0.137. The molecule has 1 aromatic heterocycles. The zero-order valence-corrected chi connectivity index (χ0v) is 13.4. The van der Waals surface area contributed by atoms with Gasteiger partial charge in [-0.2, -0.15) is 13.2 Å². The highest BCUT2D eigenvalue weighted by molar-refractivity contribution is 6.49. The second kappa shape index (κ2) is 5.23. The van der Waals surface area contributed by atoms with E-state index in [9.17, 15) is 18.0 Å². The highest BCUT2D eigenvalue weighted by Gasteiger charge is 2.54. The zero-order valence-electron chi connectivity index (χ0n) is 13.4. The fourth-order valence-corrected chi connectivity index (χ4v) is 3.25. The van der Waals surface area contributed by atoms with Crippen LogP contribution in [0.5, 0.6) is 0 Å². The Balaban J connectivity index is 1.83. The van der Waals surface area contributed by atoms with E-state index in [2.05, 4.69) is 9.98 Å². The van der Waals surface area contributed by atoms with E-state index in [1.165, 1.54) is 12.1 Å². The molecule has 0 spiro atoms. The van der Waals surface area contributed by atoms with Crippen LogP contribution in [0.3, 0.4) is 0 Å². The number of carbonyl (C=O) groups excluding carboxylic acids is 1. The molecule has 0 radical (unpaired) electrons. The van der Waals surface area contributed by atoms with Crippen LogP contribution in [0.15, 0.2) is 47.6 Å². The standard InChI is InChI=1S/C18H15F3N3O/c1-24(13-8-9-13)16-14(3-2-10-22-16)23-15(17(24)25)11-4-6-12(7-5-11)18(19,20)21/h2-7,10,13H,8-9H2,1H3/q+1. The van der Waals surface area contributed by atoms with Crippen molar-refractivity contribution in [2.75, 3.05) is 7.05 Å². The minimum Gasteiger partial charge on any atom is -0.230 e. The largest absolute Gasteiger partial charge is 0.416 e. The maximum absolute atomic E-state index is 13.2. The second-order valence-corrected chi connectivity index (χ2v) is 6.49. The third kappa shape index (κ3) is 2.46. The van der Waals surface area contributed by atoms with Crippen molar-refractivity contribution in [2.24, 2.45) is 4.99 Å². The van der Waals surface area contributed by atoms with Crippen molar-refractivity contribution in [3.8, 4) is 0 Å². The monoisotopic (exact) mass is 346 g/mol. The molecule has 1 aliphatic carbocycles. The fourth-order valence-electron chi connectivity index (χ4n) is 3.25. The number of alkyl halides is 3. The lowest BCUT2D eigenvalue weighted by Gasteiger charge is -2.33. The van der Waals surface area contributed by atoms with Gasteiger partial charge in [0.2, 0.25) is 0 Å². The Morgan fingerprint density at radius 3 is 2.40 bits per heavy atom. The third-order valence-corrected chi connectivity index (χ3v) is 4.83. The number of likely N-dealkylation sites (N-methyl/N-ethyl adjacent to an activating group) is 1. The molecule has 7 heteroatoms. The maximum atomic E-state index is 13.2. The second-order valence-electron chi connectivity index (χ2n) is 6.49. The summed E-state index contributed by atoms with van der Waals surface area (Å²) in [5, 5.41) is 0. The number of pyridine rings is 1. The molecule has 0 N–H and O–H groups in total. The van der Waals surface area contributed by atoms with Crippen LogP contribution in [0, 0.1) is 0 Å². The number of aromatic nitrogens is 1. The molecule has 0 saturated heterocycles. The summed E-state index contributed by atoms with van der Waals surface area (Å²) in [5.41, 5.74) is 0.411. The molecule has 2 aromatic rings. The van der Waals surface area contributed by atoms with Crippen molar-refractivity contribution in [2.45, 2.75) is 25.1 Å². The van der Waals surface area contributed by atoms with Gasteiger partial charge >= 0.3 is 12.1 Å². The lowest BCUT2D eigenvalue weighted by Crippen LogP contribution is -2.57. The van der Waals surface area contributed by atoms with Crippen LogP contribution in [0.4, 0.5) is 24.7 Å². The normalized spacial score (nSPS) is 23.2. The number of nitrogens with zero attached hydrogens (tertiary/aromatic N) is 3. The number of amides is 1. The summed E-state index contributed by atoms with van der Waals surface area (Å²) in [6.45, 7) is 0. The molecule has 128 valence electrons. The number of rotatable bonds is 2. The summed E-state index contributed by atoms with van der Waals surface area (Å²) in [6, 6.07) is 8.21. The number of halogens is 3. The number of quaternary nitrogens is 1. The smallest absolute Gasteiger partial charge is 0.230 e. The van der Waals surface area contributed by atoms with Crippen molar-refractivity contribution in [1.82, 2.24) is 9.47 Å². The van der Waals surface area contributed by atoms with Crippen LogP contribution in [-0.2, 0) is 11.0 Å². The Morgan fingerprint density at radius 2 is 1.80 bits per heavy atom. The van der Waals surface area contributed by atoms with Gasteiger partial charge in [-0.1, -0.05) is 12.1 Å². The van der Waals surface area contributed by atoms with Crippen molar-refractivity contribution < 1.29 is 18.0 Å². The van der Waals surface area contributed by atoms with Gasteiger partial charge in [-0.05, 0) is 24.3 Å². The summed E-state index contributed by atoms with van der Waals surface area (Å²) < 4.78 is 38.3. The Kier molecular flexibility index (Phi) is 3.34. The molecule has 1 atom stereocenters. The van der Waals surface area contributed by atoms with Crippen LogP contribution in [0.2, 0.25) is 0 Å². The minimum absolute atomic E-state index is 0.0238. The van der Waals surface area contributed by atoms with E-state index < -0.39 is 11.7 Å². The summed E-state index contributed by atoms with van der Waals surface area (Å²) in [7, 11) is 1.81. The van der Waals surface area contributed by atoms with Crippen LogP contribution >= 0.6 is 0 Å². The first-order valence-electron chi connectivity index (χ1n) is 7.95. The number of aliphatic imine (C=N–C) groups is 1. The molecule has 0 bridgehead atoms. The molecule has 1 amide bonds.